The maximum Gasteiger partial charge on any atom is 0.229 e. The highest BCUT2D eigenvalue weighted by Crippen LogP contribution is 2.29. The van der Waals surface area contributed by atoms with E-state index in [0.29, 0.717) is 42.7 Å². The van der Waals surface area contributed by atoms with Crippen molar-refractivity contribution in [3.8, 4) is 6.07 Å². The molecule has 2 heterocycles. The topological polar surface area (TPSA) is 73.6 Å². The summed E-state index contributed by atoms with van der Waals surface area (Å²) >= 11 is 6.02. The molecule has 1 aromatic carbocycles. The number of hydrogen-bond donors (Lipinski definition) is 0. The molecule has 6 nitrogen and oxygen atoms in total. The van der Waals surface area contributed by atoms with Gasteiger partial charge in [-0.25, -0.2) is 0 Å². The normalized spacial score (nSPS) is 21.4. The molecule has 1 atom stereocenters. The average molecular weight is 334 g/mol. The van der Waals surface area contributed by atoms with Crippen LogP contribution in [0.15, 0.2) is 18.2 Å². The van der Waals surface area contributed by atoms with E-state index in [2.05, 4.69) is 0 Å². The molecule has 0 radical (unpaired) electrons. The second kappa shape index (κ2) is 6.57. The summed E-state index contributed by atoms with van der Waals surface area (Å²) in [4.78, 5) is 28.0. The number of rotatable bonds is 2. The zero-order chi connectivity index (χ0) is 16.4. The summed E-state index contributed by atoms with van der Waals surface area (Å²) in [6.07, 6.45) is 1.01. The largest absolute Gasteiger partial charge is 0.361 e. The SMILES string of the molecule is N#Cc1ccc(N2C[C@H](C(=O)N3CCCOC3)CC2=O)cc1Cl. The number of nitrogens with zero attached hydrogens (tertiary/aromatic N) is 3. The van der Waals surface area contributed by atoms with E-state index in [4.69, 9.17) is 21.6 Å². The molecule has 0 aliphatic carbocycles. The first-order chi connectivity index (χ1) is 11.1. The van der Waals surface area contributed by atoms with Crippen LogP contribution in [0, 0.1) is 17.2 Å². The van der Waals surface area contributed by atoms with Crippen LogP contribution in [0.4, 0.5) is 5.69 Å². The highest BCUT2D eigenvalue weighted by Gasteiger charge is 2.37. The van der Waals surface area contributed by atoms with Crippen LogP contribution in [0.2, 0.25) is 5.02 Å². The molecule has 0 spiro atoms. The standard InChI is InChI=1S/C16H16ClN3O3/c17-14-7-13(3-2-11(14)8-18)20-9-12(6-15(20)21)16(22)19-4-1-5-23-10-19/h2-3,7,12H,1,4-6,9-10H2/t12-/m1/s1. The van der Waals surface area contributed by atoms with Crippen LogP contribution in [-0.4, -0.2) is 43.1 Å². The first-order valence-corrected chi connectivity index (χ1v) is 7.84. The second-order valence-electron chi connectivity index (χ2n) is 5.67. The van der Waals surface area contributed by atoms with Gasteiger partial charge in [0.05, 0.1) is 23.1 Å². The summed E-state index contributed by atoms with van der Waals surface area (Å²) in [5, 5.41) is 9.21. The molecule has 0 bridgehead atoms. The molecule has 0 aromatic heterocycles. The van der Waals surface area contributed by atoms with Crippen molar-refractivity contribution >= 4 is 29.1 Å². The minimum Gasteiger partial charge on any atom is -0.361 e. The number of carbonyl (C=O) groups excluding carboxylic acids is 2. The number of carbonyl (C=O) groups is 2. The zero-order valence-corrected chi connectivity index (χ0v) is 13.3. The predicted octanol–water partition coefficient (Wildman–Crippen LogP) is 1.77. The fourth-order valence-electron chi connectivity index (χ4n) is 2.91. The molecule has 2 fully saturated rings. The van der Waals surface area contributed by atoms with Gasteiger partial charge >= 0.3 is 0 Å². The van der Waals surface area contributed by atoms with Crippen molar-refractivity contribution in [2.24, 2.45) is 5.92 Å². The molecular weight excluding hydrogens is 318 g/mol. The summed E-state index contributed by atoms with van der Waals surface area (Å²) in [5.41, 5.74) is 0.976. The first-order valence-electron chi connectivity index (χ1n) is 7.46. The van der Waals surface area contributed by atoms with E-state index in [1.165, 1.54) is 0 Å². The van der Waals surface area contributed by atoms with Crippen molar-refractivity contribution in [1.29, 1.82) is 5.26 Å². The van der Waals surface area contributed by atoms with E-state index in [9.17, 15) is 9.59 Å². The molecule has 1 aromatic rings. The number of halogens is 1. The third-order valence-electron chi connectivity index (χ3n) is 4.13. The van der Waals surface area contributed by atoms with Gasteiger partial charge < -0.3 is 14.5 Å². The molecule has 120 valence electrons. The highest BCUT2D eigenvalue weighted by molar-refractivity contribution is 6.32. The monoisotopic (exact) mass is 333 g/mol. The van der Waals surface area contributed by atoms with Crippen LogP contribution < -0.4 is 4.90 Å². The van der Waals surface area contributed by atoms with Gasteiger partial charge in [0.25, 0.3) is 0 Å². The molecule has 7 heteroatoms. The molecule has 2 aliphatic rings. The van der Waals surface area contributed by atoms with Crippen molar-refractivity contribution in [2.45, 2.75) is 12.8 Å². The average Bonchev–Trinajstić information content (AvgIpc) is 2.96. The van der Waals surface area contributed by atoms with Crippen LogP contribution in [0.5, 0.6) is 0 Å². The van der Waals surface area contributed by atoms with E-state index < -0.39 is 0 Å². The van der Waals surface area contributed by atoms with Crippen LogP contribution in [0.1, 0.15) is 18.4 Å². The lowest BCUT2D eigenvalue weighted by atomic mass is 10.1. The number of amides is 2. The Bertz CT molecular complexity index is 680. The van der Waals surface area contributed by atoms with Gasteiger partial charge in [0.2, 0.25) is 11.8 Å². The number of nitriles is 1. The zero-order valence-electron chi connectivity index (χ0n) is 12.5. The van der Waals surface area contributed by atoms with E-state index in [1.807, 2.05) is 6.07 Å². The maximum absolute atomic E-state index is 12.5. The van der Waals surface area contributed by atoms with E-state index in [0.717, 1.165) is 6.42 Å². The van der Waals surface area contributed by atoms with Crippen molar-refractivity contribution in [3.63, 3.8) is 0 Å². The Kier molecular flexibility index (Phi) is 4.51. The number of anilines is 1. The van der Waals surface area contributed by atoms with Crippen LogP contribution in [-0.2, 0) is 14.3 Å². The van der Waals surface area contributed by atoms with Gasteiger partial charge in [-0.05, 0) is 24.6 Å². The van der Waals surface area contributed by atoms with Gasteiger partial charge in [0.1, 0.15) is 12.8 Å². The minimum atomic E-state index is -0.362. The number of hydrogen-bond acceptors (Lipinski definition) is 4. The quantitative estimate of drug-likeness (QED) is 0.826. The highest BCUT2D eigenvalue weighted by atomic mass is 35.5. The summed E-state index contributed by atoms with van der Waals surface area (Å²) in [5.74, 6) is -0.513. The van der Waals surface area contributed by atoms with E-state index in [-0.39, 0.29) is 24.2 Å². The fraction of sp³-hybridized carbons (Fsp3) is 0.438. The number of benzene rings is 1. The van der Waals surface area contributed by atoms with Crippen molar-refractivity contribution in [1.82, 2.24) is 4.90 Å². The lowest BCUT2D eigenvalue weighted by Crippen LogP contribution is -2.42. The molecule has 0 unspecified atom stereocenters. The maximum atomic E-state index is 12.5. The van der Waals surface area contributed by atoms with Crippen molar-refractivity contribution in [3.05, 3.63) is 28.8 Å². The predicted molar refractivity (Wildman–Crippen MR) is 83.8 cm³/mol. The Morgan fingerprint density at radius 3 is 2.91 bits per heavy atom. The van der Waals surface area contributed by atoms with Crippen molar-refractivity contribution in [2.75, 3.05) is 31.3 Å². The summed E-state index contributed by atoms with van der Waals surface area (Å²) in [6, 6.07) is 6.84. The lowest BCUT2D eigenvalue weighted by Gasteiger charge is -2.28. The van der Waals surface area contributed by atoms with E-state index >= 15 is 0 Å². The molecule has 0 saturated carbocycles. The van der Waals surface area contributed by atoms with Gasteiger partial charge in [-0.1, -0.05) is 11.6 Å². The molecule has 2 saturated heterocycles. The molecular formula is C16H16ClN3O3. The van der Waals surface area contributed by atoms with Gasteiger partial charge in [-0.2, -0.15) is 5.26 Å². The third-order valence-corrected chi connectivity index (χ3v) is 4.45. The second-order valence-corrected chi connectivity index (χ2v) is 6.08. The Labute approximate surface area is 139 Å². The van der Waals surface area contributed by atoms with Gasteiger partial charge in [0.15, 0.2) is 0 Å². The Morgan fingerprint density at radius 1 is 1.43 bits per heavy atom. The van der Waals surface area contributed by atoms with Crippen LogP contribution >= 0.6 is 11.6 Å². The smallest absolute Gasteiger partial charge is 0.229 e. The van der Waals surface area contributed by atoms with Crippen molar-refractivity contribution < 1.29 is 14.3 Å². The Balaban J connectivity index is 1.73. The minimum absolute atomic E-state index is 0.0414. The molecule has 3 rings (SSSR count). The summed E-state index contributed by atoms with van der Waals surface area (Å²) in [6.45, 7) is 1.97. The Morgan fingerprint density at radius 2 is 2.26 bits per heavy atom. The molecule has 23 heavy (non-hydrogen) atoms. The molecule has 2 aliphatic heterocycles. The molecule has 0 N–H and O–H groups in total. The summed E-state index contributed by atoms with van der Waals surface area (Å²) in [7, 11) is 0. The van der Waals surface area contributed by atoms with Gasteiger partial charge in [-0.15, -0.1) is 0 Å². The third kappa shape index (κ3) is 3.16. The van der Waals surface area contributed by atoms with Crippen LogP contribution in [0.25, 0.3) is 0 Å². The molecule has 2 amide bonds. The van der Waals surface area contributed by atoms with Gasteiger partial charge in [0, 0.05) is 25.2 Å². The number of ether oxygens (including phenoxy) is 1. The van der Waals surface area contributed by atoms with Gasteiger partial charge in [-0.3, -0.25) is 9.59 Å². The fourth-order valence-corrected chi connectivity index (χ4v) is 3.13. The van der Waals surface area contributed by atoms with Crippen LogP contribution in [0.3, 0.4) is 0 Å². The van der Waals surface area contributed by atoms with E-state index in [1.54, 1.807) is 28.0 Å². The first kappa shape index (κ1) is 15.8. The lowest BCUT2D eigenvalue weighted by molar-refractivity contribution is -0.145. The Hall–Kier alpha value is -2.10. The summed E-state index contributed by atoms with van der Waals surface area (Å²) < 4.78 is 5.30.